The SMILES string of the molecule is CC(C)(C)c1ccc(N(C(=O)C2=CC=C3OCCNC3C2)C(C(=O)N[C@H]2c3ccccc3C[C@@H]2O)c2cccnc2)cc1. The van der Waals surface area contributed by atoms with Crippen molar-refractivity contribution in [1.82, 2.24) is 15.6 Å². The molecule has 2 aliphatic carbocycles. The van der Waals surface area contributed by atoms with E-state index in [0.717, 1.165) is 22.4 Å². The van der Waals surface area contributed by atoms with Crippen molar-refractivity contribution in [3.05, 3.63) is 119 Å². The molecule has 0 spiro atoms. The number of carbonyl (C=O) groups is 2. The molecule has 2 unspecified atom stereocenters. The highest BCUT2D eigenvalue weighted by atomic mass is 16.5. The maximum Gasteiger partial charge on any atom is 0.255 e. The third-order valence-electron chi connectivity index (χ3n) is 8.49. The average Bonchev–Trinajstić information content (AvgIpc) is 3.33. The van der Waals surface area contributed by atoms with Crippen LogP contribution in [0.4, 0.5) is 5.69 Å². The lowest BCUT2D eigenvalue weighted by Gasteiger charge is -2.35. The van der Waals surface area contributed by atoms with Crippen LogP contribution in [0.3, 0.4) is 0 Å². The van der Waals surface area contributed by atoms with Crippen molar-refractivity contribution < 1.29 is 19.4 Å². The molecule has 2 amide bonds. The number of pyridine rings is 1. The van der Waals surface area contributed by atoms with E-state index in [1.165, 1.54) is 0 Å². The van der Waals surface area contributed by atoms with E-state index < -0.39 is 24.1 Å². The van der Waals surface area contributed by atoms with Gasteiger partial charge in [-0.2, -0.15) is 0 Å². The minimum atomic E-state index is -1.04. The summed E-state index contributed by atoms with van der Waals surface area (Å²) >= 11 is 0. The number of allylic oxidation sites excluding steroid dienone is 2. The topological polar surface area (TPSA) is 104 Å². The van der Waals surface area contributed by atoms with Gasteiger partial charge in [-0.1, -0.05) is 69.3 Å². The van der Waals surface area contributed by atoms with Crippen LogP contribution in [-0.2, 0) is 26.2 Å². The van der Waals surface area contributed by atoms with E-state index in [2.05, 4.69) is 36.4 Å². The van der Waals surface area contributed by atoms with Crippen LogP contribution in [0.5, 0.6) is 0 Å². The Balaban J connectivity index is 1.42. The summed E-state index contributed by atoms with van der Waals surface area (Å²) in [5.74, 6) is 0.149. The van der Waals surface area contributed by atoms with Gasteiger partial charge in [-0.05, 0) is 46.4 Å². The zero-order valence-electron chi connectivity index (χ0n) is 24.8. The number of aromatic nitrogens is 1. The standard InChI is InChI=1S/C35H38N4O4/c1-35(2,3)25-11-13-26(14-12-25)39(34(42)23-10-15-30-28(19-23)37-17-18-43-30)32(24-8-6-16-36-21-24)33(41)38-31-27-9-5-4-7-22(27)20-29(31)40/h4-16,21,28-29,31-32,37,40H,17-20H2,1-3H3,(H,38,41)/t28?,29-,31-,32?/m0/s1. The van der Waals surface area contributed by atoms with Crippen molar-refractivity contribution in [2.24, 2.45) is 0 Å². The first-order chi connectivity index (χ1) is 20.7. The summed E-state index contributed by atoms with van der Waals surface area (Å²) in [5, 5.41) is 17.5. The molecule has 0 saturated carbocycles. The molecule has 1 fully saturated rings. The summed E-state index contributed by atoms with van der Waals surface area (Å²) in [7, 11) is 0. The number of aliphatic hydroxyl groups is 1. The molecule has 6 rings (SSSR count). The van der Waals surface area contributed by atoms with Crippen LogP contribution in [-0.4, -0.2) is 47.2 Å². The Morgan fingerprint density at radius 2 is 1.84 bits per heavy atom. The Morgan fingerprint density at radius 1 is 1.05 bits per heavy atom. The second-order valence-electron chi connectivity index (χ2n) is 12.4. The van der Waals surface area contributed by atoms with Gasteiger partial charge in [0.2, 0.25) is 5.91 Å². The molecule has 4 atom stereocenters. The van der Waals surface area contributed by atoms with E-state index in [1.54, 1.807) is 29.4 Å². The van der Waals surface area contributed by atoms with Crippen LogP contribution in [0.1, 0.15) is 61.5 Å². The van der Waals surface area contributed by atoms with Gasteiger partial charge in [0.25, 0.3) is 5.91 Å². The molecule has 3 N–H and O–H groups in total. The van der Waals surface area contributed by atoms with Crippen LogP contribution in [0, 0.1) is 0 Å². The smallest absolute Gasteiger partial charge is 0.255 e. The fourth-order valence-corrected chi connectivity index (χ4v) is 6.17. The maximum atomic E-state index is 14.6. The molecule has 0 bridgehead atoms. The fraction of sp³-hybridized carbons (Fsp3) is 0.343. The molecular weight excluding hydrogens is 540 g/mol. The monoisotopic (exact) mass is 578 g/mol. The number of aliphatic hydroxyl groups excluding tert-OH is 1. The van der Waals surface area contributed by atoms with Gasteiger partial charge in [0, 0.05) is 48.6 Å². The third-order valence-corrected chi connectivity index (χ3v) is 8.49. The molecule has 3 aromatic rings. The van der Waals surface area contributed by atoms with Crippen LogP contribution < -0.4 is 15.5 Å². The van der Waals surface area contributed by atoms with Gasteiger partial charge in [-0.25, -0.2) is 0 Å². The number of benzene rings is 2. The number of rotatable bonds is 6. The lowest BCUT2D eigenvalue weighted by atomic mass is 9.87. The molecule has 0 radical (unpaired) electrons. The van der Waals surface area contributed by atoms with Crippen molar-refractivity contribution in [2.75, 3.05) is 18.1 Å². The zero-order chi connectivity index (χ0) is 30.1. The first-order valence-electron chi connectivity index (χ1n) is 14.9. The number of fused-ring (bicyclic) bond motifs is 2. The molecule has 3 aliphatic rings. The van der Waals surface area contributed by atoms with Crippen LogP contribution in [0.2, 0.25) is 0 Å². The largest absolute Gasteiger partial charge is 0.495 e. The van der Waals surface area contributed by atoms with E-state index in [0.29, 0.717) is 42.8 Å². The lowest BCUT2D eigenvalue weighted by molar-refractivity contribution is -0.126. The first kappa shape index (κ1) is 28.8. The molecule has 8 nitrogen and oxygen atoms in total. The summed E-state index contributed by atoms with van der Waals surface area (Å²) in [5.41, 5.74) is 4.65. The van der Waals surface area contributed by atoms with E-state index in [9.17, 15) is 14.7 Å². The molecule has 1 aliphatic heterocycles. The van der Waals surface area contributed by atoms with Gasteiger partial charge in [-0.3, -0.25) is 19.5 Å². The number of carbonyl (C=O) groups excluding carboxylic acids is 2. The van der Waals surface area contributed by atoms with Gasteiger partial charge in [0.15, 0.2) is 0 Å². The van der Waals surface area contributed by atoms with E-state index in [-0.39, 0.29) is 17.4 Å². The van der Waals surface area contributed by atoms with E-state index in [1.807, 2.05) is 60.7 Å². The molecule has 1 saturated heterocycles. The van der Waals surface area contributed by atoms with Crippen molar-refractivity contribution in [1.29, 1.82) is 0 Å². The number of hydrogen-bond acceptors (Lipinski definition) is 6. The van der Waals surface area contributed by atoms with Crippen LogP contribution >= 0.6 is 0 Å². The Labute approximate surface area is 252 Å². The predicted octanol–water partition coefficient (Wildman–Crippen LogP) is 4.43. The van der Waals surface area contributed by atoms with Crippen molar-refractivity contribution in [3.63, 3.8) is 0 Å². The highest BCUT2D eigenvalue weighted by molar-refractivity contribution is 6.10. The zero-order valence-corrected chi connectivity index (χ0v) is 24.8. The minimum absolute atomic E-state index is 0.0841. The summed E-state index contributed by atoms with van der Waals surface area (Å²) < 4.78 is 5.80. The first-order valence-corrected chi connectivity index (χ1v) is 14.9. The van der Waals surface area contributed by atoms with Crippen molar-refractivity contribution in [2.45, 2.75) is 63.3 Å². The fourth-order valence-electron chi connectivity index (χ4n) is 6.17. The summed E-state index contributed by atoms with van der Waals surface area (Å²) in [4.78, 5) is 34.9. The number of amides is 2. The van der Waals surface area contributed by atoms with Gasteiger partial charge in [0.1, 0.15) is 18.4 Å². The Hall–Kier alpha value is -4.27. The maximum absolute atomic E-state index is 14.6. The van der Waals surface area contributed by atoms with Gasteiger partial charge < -0.3 is 20.5 Å². The molecule has 43 heavy (non-hydrogen) atoms. The number of ether oxygens (including phenoxy) is 1. The highest BCUT2D eigenvalue weighted by Crippen LogP contribution is 2.36. The van der Waals surface area contributed by atoms with Crippen molar-refractivity contribution >= 4 is 17.5 Å². The van der Waals surface area contributed by atoms with Crippen molar-refractivity contribution in [3.8, 4) is 0 Å². The average molecular weight is 579 g/mol. The second-order valence-corrected chi connectivity index (χ2v) is 12.4. The van der Waals surface area contributed by atoms with Crippen LogP contribution in [0.25, 0.3) is 0 Å². The third kappa shape index (κ3) is 5.85. The Kier molecular flexibility index (Phi) is 7.90. The van der Waals surface area contributed by atoms with E-state index >= 15 is 0 Å². The number of morpholine rings is 1. The Morgan fingerprint density at radius 3 is 2.58 bits per heavy atom. The minimum Gasteiger partial charge on any atom is -0.495 e. The number of nitrogens with one attached hydrogen (secondary N) is 2. The molecule has 2 heterocycles. The summed E-state index contributed by atoms with van der Waals surface area (Å²) in [6.45, 7) is 7.70. The molecule has 8 heteroatoms. The summed E-state index contributed by atoms with van der Waals surface area (Å²) in [6, 6.07) is 17.4. The molecule has 2 aromatic carbocycles. The number of anilines is 1. The lowest BCUT2D eigenvalue weighted by Crippen LogP contribution is -2.48. The highest BCUT2D eigenvalue weighted by Gasteiger charge is 2.39. The van der Waals surface area contributed by atoms with Gasteiger partial charge in [-0.15, -0.1) is 0 Å². The summed E-state index contributed by atoms with van der Waals surface area (Å²) in [6.07, 6.45) is 7.03. The molecule has 1 aromatic heterocycles. The normalized spacial score (nSPS) is 21.8. The number of hydrogen-bond donors (Lipinski definition) is 3. The number of nitrogens with zero attached hydrogens (tertiary/aromatic N) is 2. The van der Waals surface area contributed by atoms with Gasteiger partial charge >= 0.3 is 0 Å². The Bertz CT molecular complexity index is 1560. The van der Waals surface area contributed by atoms with Gasteiger partial charge in [0.05, 0.1) is 18.2 Å². The predicted molar refractivity (Wildman–Crippen MR) is 165 cm³/mol. The molecule has 222 valence electrons. The second kappa shape index (κ2) is 11.8. The van der Waals surface area contributed by atoms with E-state index in [4.69, 9.17) is 4.74 Å². The van der Waals surface area contributed by atoms with Crippen LogP contribution in [0.15, 0.2) is 96.5 Å². The quantitative estimate of drug-likeness (QED) is 0.400. The molecular formula is C35H38N4O4.